The highest BCUT2D eigenvalue weighted by molar-refractivity contribution is 5.99. The van der Waals surface area contributed by atoms with Gasteiger partial charge in [0.05, 0.1) is 18.0 Å². The van der Waals surface area contributed by atoms with Crippen LogP contribution in [0.3, 0.4) is 0 Å². The summed E-state index contributed by atoms with van der Waals surface area (Å²) in [4.78, 5) is 21.0. The molecule has 1 aliphatic rings. The normalized spacial score (nSPS) is 25.1. The molecule has 24 heavy (non-hydrogen) atoms. The number of imidazole rings is 1. The van der Waals surface area contributed by atoms with E-state index in [-0.39, 0.29) is 12.0 Å². The lowest BCUT2D eigenvalue weighted by Crippen LogP contribution is -2.74. The van der Waals surface area contributed by atoms with Crippen molar-refractivity contribution >= 4 is 11.6 Å². The molecule has 3 rings (SSSR count). The molecular weight excluding hydrogens is 306 g/mol. The molecule has 3 N–H and O–H groups in total. The lowest BCUT2D eigenvalue weighted by atomic mass is 9.54. The Morgan fingerprint density at radius 3 is 2.83 bits per heavy atom. The van der Waals surface area contributed by atoms with Gasteiger partial charge in [-0.05, 0) is 19.1 Å². The van der Waals surface area contributed by atoms with E-state index < -0.39 is 11.0 Å². The van der Waals surface area contributed by atoms with Gasteiger partial charge in [-0.3, -0.25) is 9.36 Å². The largest absolute Gasteiger partial charge is 0.378 e. The molecule has 0 saturated heterocycles. The molecule has 7 heteroatoms. The minimum atomic E-state index is -0.949. The molecule has 2 unspecified atom stereocenters. The molecule has 0 spiro atoms. The average Bonchev–Trinajstić information content (AvgIpc) is 3.09. The quantitative estimate of drug-likeness (QED) is 0.871. The van der Waals surface area contributed by atoms with Gasteiger partial charge < -0.3 is 15.8 Å². The predicted molar refractivity (Wildman–Crippen MR) is 90.7 cm³/mol. The maximum absolute atomic E-state index is 12.7. The van der Waals surface area contributed by atoms with Crippen LogP contribution < -0.4 is 11.1 Å². The van der Waals surface area contributed by atoms with Gasteiger partial charge in [-0.15, -0.1) is 0 Å². The fourth-order valence-electron chi connectivity index (χ4n) is 3.07. The number of carbonyl (C=O) groups is 1. The van der Waals surface area contributed by atoms with Crippen LogP contribution in [0.2, 0.25) is 0 Å². The Labute approximate surface area is 141 Å². The number of nitrogens with two attached hydrogens (primary N) is 1. The van der Waals surface area contributed by atoms with Gasteiger partial charge in [0.2, 0.25) is 5.91 Å². The average molecular weight is 329 g/mol. The van der Waals surface area contributed by atoms with Crippen LogP contribution in [-0.2, 0) is 9.53 Å². The monoisotopic (exact) mass is 329 g/mol. The van der Waals surface area contributed by atoms with E-state index in [0.717, 1.165) is 5.82 Å². The van der Waals surface area contributed by atoms with Crippen molar-refractivity contribution in [1.29, 1.82) is 0 Å². The van der Waals surface area contributed by atoms with E-state index in [4.69, 9.17) is 10.5 Å². The summed E-state index contributed by atoms with van der Waals surface area (Å²) in [6, 6.07) is 3.62. The van der Waals surface area contributed by atoms with Crippen LogP contribution in [0.4, 0.5) is 5.69 Å². The van der Waals surface area contributed by atoms with Crippen molar-refractivity contribution in [3.8, 4) is 5.82 Å². The lowest BCUT2D eigenvalue weighted by molar-refractivity contribution is -0.166. The molecule has 1 aliphatic carbocycles. The standard InChI is InChI=1S/C17H23N5O2/c1-4-24-13-9-17(18,16(13,2)3)15(23)21-12-5-6-14(20-10-12)22-8-7-19-11-22/h5-8,10-11,13H,4,9,18H2,1-3H3,(H,21,23). The molecule has 2 aromatic heterocycles. The molecule has 0 aliphatic heterocycles. The second-order valence-corrected chi connectivity index (χ2v) is 6.67. The highest BCUT2D eigenvalue weighted by Crippen LogP contribution is 2.50. The van der Waals surface area contributed by atoms with Gasteiger partial charge in [0.25, 0.3) is 0 Å². The maximum atomic E-state index is 12.7. The van der Waals surface area contributed by atoms with Crippen LogP contribution in [0.1, 0.15) is 27.2 Å². The highest BCUT2D eigenvalue weighted by atomic mass is 16.5. The maximum Gasteiger partial charge on any atom is 0.245 e. The zero-order valence-electron chi connectivity index (χ0n) is 14.2. The van der Waals surface area contributed by atoms with E-state index in [1.54, 1.807) is 35.6 Å². The van der Waals surface area contributed by atoms with E-state index in [9.17, 15) is 4.79 Å². The van der Waals surface area contributed by atoms with Crippen LogP contribution >= 0.6 is 0 Å². The van der Waals surface area contributed by atoms with Gasteiger partial charge in [-0.25, -0.2) is 9.97 Å². The second-order valence-electron chi connectivity index (χ2n) is 6.67. The van der Waals surface area contributed by atoms with Crippen molar-refractivity contribution in [2.75, 3.05) is 11.9 Å². The van der Waals surface area contributed by atoms with Crippen molar-refractivity contribution in [3.05, 3.63) is 37.1 Å². The SMILES string of the molecule is CCOC1CC(N)(C(=O)Nc2ccc(-n3ccnc3)nc2)C1(C)C. The third-order valence-corrected chi connectivity index (χ3v) is 5.01. The number of aromatic nitrogens is 3. The number of ether oxygens (including phenoxy) is 1. The molecule has 1 amide bonds. The second kappa shape index (κ2) is 5.99. The summed E-state index contributed by atoms with van der Waals surface area (Å²) in [5, 5.41) is 2.87. The first-order chi connectivity index (χ1) is 11.4. The summed E-state index contributed by atoms with van der Waals surface area (Å²) in [6.45, 7) is 6.50. The molecule has 1 saturated carbocycles. The number of amides is 1. The van der Waals surface area contributed by atoms with Gasteiger partial charge in [0.1, 0.15) is 17.7 Å². The molecule has 128 valence electrons. The summed E-state index contributed by atoms with van der Waals surface area (Å²) in [7, 11) is 0. The number of nitrogens with zero attached hydrogens (tertiary/aromatic N) is 3. The van der Waals surface area contributed by atoms with E-state index in [1.807, 2.05) is 26.8 Å². The topological polar surface area (TPSA) is 95.1 Å². The molecule has 2 atom stereocenters. The molecule has 1 fully saturated rings. The number of nitrogens with one attached hydrogen (secondary N) is 1. The number of pyridine rings is 1. The Balaban J connectivity index is 1.69. The Morgan fingerprint density at radius 1 is 1.50 bits per heavy atom. The smallest absolute Gasteiger partial charge is 0.245 e. The fourth-order valence-corrected chi connectivity index (χ4v) is 3.07. The highest BCUT2D eigenvalue weighted by Gasteiger charge is 2.62. The summed E-state index contributed by atoms with van der Waals surface area (Å²) in [5.74, 6) is 0.522. The molecule has 0 radical (unpaired) electrons. The third kappa shape index (κ3) is 2.59. The summed E-state index contributed by atoms with van der Waals surface area (Å²) >= 11 is 0. The van der Waals surface area contributed by atoms with Crippen molar-refractivity contribution in [2.45, 2.75) is 38.8 Å². The van der Waals surface area contributed by atoms with E-state index >= 15 is 0 Å². The van der Waals surface area contributed by atoms with Crippen molar-refractivity contribution in [3.63, 3.8) is 0 Å². The molecule has 2 heterocycles. The van der Waals surface area contributed by atoms with Crippen molar-refractivity contribution in [2.24, 2.45) is 11.1 Å². The summed E-state index contributed by atoms with van der Waals surface area (Å²) < 4.78 is 7.45. The van der Waals surface area contributed by atoms with Gasteiger partial charge in [0, 0.05) is 30.8 Å². The third-order valence-electron chi connectivity index (χ3n) is 5.01. The van der Waals surface area contributed by atoms with E-state index in [0.29, 0.717) is 18.7 Å². The van der Waals surface area contributed by atoms with Crippen LogP contribution in [0.25, 0.3) is 5.82 Å². The minimum absolute atomic E-state index is 0.00000743. The van der Waals surface area contributed by atoms with Crippen LogP contribution in [-0.4, -0.2) is 38.7 Å². The number of hydrogen-bond donors (Lipinski definition) is 2. The van der Waals surface area contributed by atoms with Gasteiger partial charge in [-0.2, -0.15) is 0 Å². The van der Waals surface area contributed by atoms with Crippen LogP contribution in [0, 0.1) is 5.41 Å². The summed E-state index contributed by atoms with van der Waals surface area (Å²) in [6.07, 6.45) is 7.28. The lowest BCUT2D eigenvalue weighted by Gasteiger charge is -2.57. The molecule has 2 aromatic rings. The first kappa shape index (κ1) is 16.6. The number of anilines is 1. The van der Waals surface area contributed by atoms with Gasteiger partial charge >= 0.3 is 0 Å². The zero-order valence-corrected chi connectivity index (χ0v) is 14.2. The van der Waals surface area contributed by atoms with Gasteiger partial charge in [0.15, 0.2) is 0 Å². The fraction of sp³-hybridized carbons (Fsp3) is 0.471. The molecule has 0 bridgehead atoms. The molecule has 7 nitrogen and oxygen atoms in total. The Hall–Kier alpha value is -2.25. The zero-order chi connectivity index (χ0) is 17.4. The number of hydrogen-bond acceptors (Lipinski definition) is 5. The number of carbonyl (C=O) groups excluding carboxylic acids is 1. The predicted octanol–water partition coefficient (Wildman–Crippen LogP) is 1.74. The van der Waals surface area contributed by atoms with Gasteiger partial charge in [-0.1, -0.05) is 13.8 Å². The van der Waals surface area contributed by atoms with Crippen LogP contribution in [0.5, 0.6) is 0 Å². The molecular formula is C17H23N5O2. The summed E-state index contributed by atoms with van der Waals surface area (Å²) in [5.41, 5.74) is 5.62. The van der Waals surface area contributed by atoms with Crippen molar-refractivity contribution < 1.29 is 9.53 Å². The first-order valence-corrected chi connectivity index (χ1v) is 8.05. The van der Waals surface area contributed by atoms with E-state index in [2.05, 4.69) is 15.3 Å². The Bertz CT molecular complexity index is 711. The van der Waals surface area contributed by atoms with Crippen LogP contribution in [0.15, 0.2) is 37.1 Å². The van der Waals surface area contributed by atoms with E-state index in [1.165, 1.54) is 0 Å². The van der Waals surface area contributed by atoms with Crippen molar-refractivity contribution in [1.82, 2.24) is 14.5 Å². The number of rotatable bonds is 5. The Morgan fingerprint density at radius 2 is 2.29 bits per heavy atom. The Kier molecular flexibility index (Phi) is 4.15. The minimum Gasteiger partial charge on any atom is -0.378 e. The molecule has 0 aromatic carbocycles. The first-order valence-electron chi connectivity index (χ1n) is 8.05.